The molecule has 0 aromatic rings. The highest BCUT2D eigenvalue weighted by molar-refractivity contribution is 5.93. The Hall–Kier alpha value is -1.57. The first-order chi connectivity index (χ1) is 8.96. The van der Waals surface area contributed by atoms with E-state index in [1.807, 2.05) is 19.9 Å². The van der Waals surface area contributed by atoms with E-state index in [1.54, 1.807) is 6.92 Å². The molecule has 0 unspecified atom stereocenters. The van der Waals surface area contributed by atoms with Crippen LogP contribution in [0.4, 0.5) is 0 Å². The molecule has 0 bridgehead atoms. The average Bonchev–Trinajstić information content (AvgIpc) is 2.37. The van der Waals surface area contributed by atoms with Crippen molar-refractivity contribution >= 4 is 5.78 Å². The van der Waals surface area contributed by atoms with Gasteiger partial charge < -0.3 is 5.32 Å². The molecule has 0 aliphatic carbocycles. The number of ketones is 1. The summed E-state index contributed by atoms with van der Waals surface area (Å²) in [7, 11) is 0. The zero-order valence-corrected chi connectivity index (χ0v) is 13.0. The van der Waals surface area contributed by atoms with E-state index in [1.165, 1.54) is 11.3 Å². The maximum absolute atomic E-state index is 11.1. The largest absolute Gasteiger partial charge is 0.385 e. The Labute approximate surface area is 118 Å². The van der Waals surface area contributed by atoms with Crippen molar-refractivity contribution in [2.24, 2.45) is 0 Å². The number of hydrogen-bond donors (Lipinski definition) is 1. The number of hydrogen-bond acceptors (Lipinski definition) is 2. The van der Waals surface area contributed by atoms with Gasteiger partial charge in [0.15, 0.2) is 5.78 Å². The van der Waals surface area contributed by atoms with Gasteiger partial charge in [-0.05, 0) is 51.7 Å². The molecule has 0 atom stereocenters. The van der Waals surface area contributed by atoms with E-state index in [0.29, 0.717) is 0 Å². The molecule has 0 aliphatic rings. The van der Waals surface area contributed by atoms with Gasteiger partial charge in [-0.25, -0.2) is 0 Å². The first-order valence-electron chi connectivity index (χ1n) is 6.88. The smallest absolute Gasteiger partial charge is 0.155 e. The van der Waals surface area contributed by atoms with Gasteiger partial charge in [-0.2, -0.15) is 0 Å². The molecule has 0 saturated heterocycles. The average molecular weight is 261 g/mol. The minimum atomic E-state index is 0.102. The Morgan fingerprint density at radius 2 is 1.84 bits per heavy atom. The number of rotatable bonds is 8. The molecule has 0 fully saturated rings. The first-order valence-corrected chi connectivity index (χ1v) is 6.88. The van der Waals surface area contributed by atoms with Crippen LogP contribution < -0.4 is 5.32 Å². The van der Waals surface area contributed by atoms with Crippen LogP contribution >= 0.6 is 0 Å². The summed E-state index contributed by atoms with van der Waals surface area (Å²) in [6, 6.07) is 0. The summed E-state index contributed by atoms with van der Waals surface area (Å²) in [4.78, 5) is 11.1. The second kappa shape index (κ2) is 9.37. The van der Waals surface area contributed by atoms with E-state index in [4.69, 9.17) is 0 Å². The molecule has 0 amide bonds. The van der Waals surface area contributed by atoms with Crippen molar-refractivity contribution in [1.82, 2.24) is 5.32 Å². The van der Waals surface area contributed by atoms with Gasteiger partial charge in [0.2, 0.25) is 0 Å². The van der Waals surface area contributed by atoms with Gasteiger partial charge in [-0.1, -0.05) is 37.3 Å². The SMILES string of the molecule is C=C(/C=C(\C)C(C)=O)CCNC(=C/C)/C(=C\C)CC. The Morgan fingerprint density at radius 3 is 2.26 bits per heavy atom. The molecule has 2 heteroatoms. The van der Waals surface area contributed by atoms with Crippen LogP contribution in [-0.2, 0) is 4.79 Å². The van der Waals surface area contributed by atoms with Crippen molar-refractivity contribution in [2.75, 3.05) is 6.54 Å². The summed E-state index contributed by atoms with van der Waals surface area (Å²) in [6.07, 6.45) is 7.96. The lowest BCUT2D eigenvalue weighted by molar-refractivity contribution is -0.113. The maximum Gasteiger partial charge on any atom is 0.155 e. The molecular weight excluding hydrogens is 234 g/mol. The molecular formula is C17H27NO. The molecule has 0 spiro atoms. The number of Topliss-reactive ketones (excluding diaryl/α,β-unsaturated/α-hetero) is 1. The minimum absolute atomic E-state index is 0.102. The lowest BCUT2D eigenvalue weighted by atomic mass is 10.1. The number of carbonyl (C=O) groups is 1. The van der Waals surface area contributed by atoms with Gasteiger partial charge in [0.1, 0.15) is 0 Å². The highest BCUT2D eigenvalue weighted by Crippen LogP contribution is 2.11. The molecule has 2 nitrogen and oxygen atoms in total. The van der Waals surface area contributed by atoms with Gasteiger partial charge in [-0.3, -0.25) is 4.79 Å². The van der Waals surface area contributed by atoms with Crippen LogP contribution in [-0.4, -0.2) is 12.3 Å². The highest BCUT2D eigenvalue weighted by atomic mass is 16.1. The van der Waals surface area contributed by atoms with Crippen molar-refractivity contribution in [3.8, 4) is 0 Å². The second-order valence-electron chi connectivity index (χ2n) is 4.59. The monoisotopic (exact) mass is 261 g/mol. The molecule has 0 radical (unpaired) electrons. The third-order valence-electron chi connectivity index (χ3n) is 3.10. The van der Waals surface area contributed by atoms with E-state index in [-0.39, 0.29) is 5.78 Å². The van der Waals surface area contributed by atoms with E-state index in [0.717, 1.165) is 30.5 Å². The summed E-state index contributed by atoms with van der Waals surface area (Å²) >= 11 is 0. The topological polar surface area (TPSA) is 29.1 Å². The van der Waals surface area contributed by atoms with E-state index >= 15 is 0 Å². The third kappa shape index (κ3) is 6.80. The quantitative estimate of drug-likeness (QED) is 0.521. The van der Waals surface area contributed by atoms with Crippen LogP contribution in [0.2, 0.25) is 0 Å². The molecule has 0 aromatic carbocycles. The fourth-order valence-corrected chi connectivity index (χ4v) is 1.79. The van der Waals surface area contributed by atoms with E-state index in [9.17, 15) is 4.79 Å². The van der Waals surface area contributed by atoms with Crippen LogP contribution in [0, 0.1) is 0 Å². The van der Waals surface area contributed by atoms with Crippen LogP contribution in [0.25, 0.3) is 0 Å². The summed E-state index contributed by atoms with van der Waals surface area (Å²) in [5, 5.41) is 3.42. The normalized spacial score (nSPS) is 13.4. The van der Waals surface area contributed by atoms with E-state index < -0.39 is 0 Å². The first kappa shape index (κ1) is 17.4. The molecule has 106 valence electrons. The van der Waals surface area contributed by atoms with Crippen molar-refractivity contribution in [3.63, 3.8) is 0 Å². The summed E-state index contributed by atoms with van der Waals surface area (Å²) in [5.74, 6) is 0.102. The lowest BCUT2D eigenvalue weighted by Gasteiger charge is -2.13. The van der Waals surface area contributed by atoms with E-state index in [2.05, 4.69) is 37.9 Å². The van der Waals surface area contributed by atoms with Crippen LogP contribution in [0.15, 0.2) is 47.2 Å². The Bertz CT molecular complexity index is 411. The molecule has 1 N–H and O–H groups in total. The highest BCUT2D eigenvalue weighted by Gasteiger charge is 2.01. The number of allylic oxidation sites excluding steroid dienone is 5. The molecule has 0 aliphatic heterocycles. The van der Waals surface area contributed by atoms with Gasteiger partial charge in [0.05, 0.1) is 0 Å². The lowest BCUT2D eigenvalue weighted by Crippen LogP contribution is -2.16. The predicted molar refractivity (Wildman–Crippen MR) is 84.0 cm³/mol. The van der Waals surface area contributed by atoms with Crippen LogP contribution in [0.3, 0.4) is 0 Å². The molecule has 0 rings (SSSR count). The van der Waals surface area contributed by atoms with Crippen LogP contribution in [0.1, 0.15) is 47.5 Å². The molecule has 0 heterocycles. The molecule has 0 saturated carbocycles. The summed E-state index contributed by atoms with van der Waals surface area (Å²) < 4.78 is 0. The molecule has 0 aromatic heterocycles. The molecule has 19 heavy (non-hydrogen) atoms. The van der Waals surface area contributed by atoms with Gasteiger partial charge >= 0.3 is 0 Å². The number of nitrogens with one attached hydrogen (secondary N) is 1. The van der Waals surface area contributed by atoms with Crippen LogP contribution in [0.5, 0.6) is 0 Å². The minimum Gasteiger partial charge on any atom is -0.385 e. The van der Waals surface area contributed by atoms with Gasteiger partial charge in [-0.15, -0.1) is 0 Å². The Morgan fingerprint density at radius 1 is 1.21 bits per heavy atom. The van der Waals surface area contributed by atoms with Crippen molar-refractivity contribution < 1.29 is 4.79 Å². The fraction of sp³-hybridized carbons (Fsp3) is 0.471. The van der Waals surface area contributed by atoms with Gasteiger partial charge in [0, 0.05) is 12.2 Å². The Kier molecular flexibility index (Phi) is 8.60. The zero-order valence-electron chi connectivity index (χ0n) is 13.0. The third-order valence-corrected chi connectivity index (χ3v) is 3.10. The van der Waals surface area contributed by atoms with Gasteiger partial charge in [0.25, 0.3) is 0 Å². The second-order valence-corrected chi connectivity index (χ2v) is 4.59. The maximum atomic E-state index is 11.1. The van der Waals surface area contributed by atoms with Crippen molar-refractivity contribution in [1.29, 1.82) is 0 Å². The zero-order chi connectivity index (χ0) is 14.8. The van der Waals surface area contributed by atoms with Crippen molar-refractivity contribution in [2.45, 2.75) is 47.5 Å². The predicted octanol–water partition coefficient (Wildman–Crippen LogP) is 4.32. The summed E-state index contributed by atoms with van der Waals surface area (Å²) in [5.41, 5.74) is 4.25. The fourth-order valence-electron chi connectivity index (χ4n) is 1.79. The number of carbonyl (C=O) groups excluding carboxylic acids is 1. The summed E-state index contributed by atoms with van der Waals surface area (Å²) in [6.45, 7) is 14.5. The Balaban J connectivity index is 4.34. The van der Waals surface area contributed by atoms with Crippen molar-refractivity contribution in [3.05, 3.63) is 47.2 Å². The standard InChI is InChI=1S/C17H27NO/c1-7-16(8-2)17(9-3)18-11-10-13(4)12-14(5)15(6)19/h7,9,12,18H,4,8,10-11H2,1-3,5-6H3/b14-12+,16-7-,17-9+.